The summed E-state index contributed by atoms with van der Waals surface area (Å²) < 4.78 is 1.46. The van der Waals surface area contributed by atoms with Gasteiger partial charge >= 0.3 is 0 Å². The molecule has 0 aliphatic rings. The number of aromatic amines is 1. The lowest BCUT2D eigenvalue weighted by molar-refractivity contribution is 0.894. The molecule has 0 atom stereocenters. The molecule has 0 aliphatic heterocycles. The molecule has 0 radical (unpaired) electrons. The van der Waals surface area contributed by atoms with E-state index in [9.17, 15) is 4.79 Å². The van der Waals surface area contributed by atoms with Crippen LogP contribution in [0.25, 0.3) is 16.2 Å². The van der Waals surface area contributed by atoms with Gasteiger partial charge in [-0.3, -0.25) is 9.89 Å². The summed E-state index contributed by atoms with van der Waals surface area (Å²) in [5, 5.41) is 5.05. The summed E-state index contributed by atoms with van der Waals surface area (Å²) in [5.74, 6) is 0. The molecule has 0 amide bonds. The van der Waals surface area contributed by atoms with Crippen molar-refractivity contribution in [3.8, 4) is 10.6 Å². The van der Waals surface area contributed by atoms with Gasteiger partial charge in [0, 0.05) is 17.8 Å². The third-order valence-corrected chi connectivity index (χ3v) is 3.27. The Hall–Kier alpha value is -1.88. The van der Waals surface area contributed by atoms with Gasteiger partial charge in [-0.15, -0.1) is 11.3 Å². The zero-order valence-electron chi connectivity index (χ0n) is 8.60. The first-order chi connectivity index (χ1) is 7.74. The molecule has 4 nitrogen and oxygen atoms in total. The molecule has 3 rings (SSSR count). The van der Waals surface area contributed by atoms with Gasteiger partial charge in [-0.25, -0.2) is 9.50 Å². The van der Waals surface area contributed by atoms with Crippen LogP contribution in [0.5, 0.6) is 0 Å². The van der Waals surface area contributed by atoms with Crippen molar-refractivity contribution in [2.75, 3.05) is 0 Å². The first-order valence-corrected chi connectivity index (χ1v) is 5.75. The normalized spacial score (nSPS) is 11.1. The number of hydrogen-bond donors (Lipinski definition) is 1. The van der Waals surface area contributed by atoms with E-state index in [0.717, 1.165) is 16.3 Å². The SMILES string of the molecule is Cc1cc(=O)n2[nH]c(-c3cccs3)cc2n1. The molecule has 0 saturated heterocycles. The fourth-order valence-corrected chi connectivity index (χ4v) is 2.36. The van der Waals surface area contributed by atoms with E-state index in [1.807, 2.05) is 30.5 Å². The highest BCUT2D eigenvalue weighted by atomic mass is 32.1. The number of thiophene rings is 1. The summed E-state index contributed by atoms with van der Waals surface area (Å²) in [6.45, 7) is 1.82. The van der Waals surface area contributed by atoms with Crippen molar-refractivity contribution in [1.29, 1.82) is 0 Å². The van der Waals surface area contributed by atoms with Gasteiger partial charge in [0.15, 0.2) is 5.65 Å². The molecule has 3 aromatic rings. The quantitative estimate of drug-likeness (QED) is 0.697. The summed E-state index contributed by atoms with van der Waals surface area (Å²) in [5.41, 5.74) is 2.24. The second-order valence-electron chi connectivity index (χ2n) is 3.58. The topological polar surface area (TPSA) is 50.2 Å². The van der Waals surface area contributed by atoms with Crippen LogP contribution in [0.4, 0.5) is 0 Å². The monoisotopic (exact) mass is 231 g/mol. The van der Waals surface area contributed by atoms with Crippen LogP contribution in [-0.4, -0.2) is 14.6 Å². The van der Waals surface area contributed by atoms with Crippen LogP contribution in [0.1, 0.15) is 5.69 Å². The molecular weight excluding hydrogens is 222 g/mol. The molecule has 80 valence electrons. The van der Waals surface area contributed by atoms with Gasteiger partial charge in [-0.1, -0.05) is 6.07 Å². The van der Waals surface area contributed by atoms with Crippen molar-refractivity contribution < 1.29 is 0 Å². The van der Waals surface area contributed by atoms with Crippen LogP contribution in [-0.2, 0) is 0 Å². The Labute approximate surface area is 95.2 Å². The molecule has 0 spiro atoms. The molecular formula is C11H9N3OS. The minimum atomic E-state index is -0.0784. The molecule has 0 fully saturated rings. The van der Waals surface area contributed by atoms with Crippen molar-refractivity contribution in [1.82, 2.24) is 14.6 Å². The predicted octanol–water partition coefficient (Wildman–Crippen LogP) is 2.06. The molecule has 3 aromatic heterocycles. The maximum Gasteiger partial charge on any atom is 0.272 e. The maximum atomic E-state index is 11.7. The third-order valence-electron chi connectivity index (χ3n) is 2.37. The van der Waals surface area contributed by atoms with Crippen molar-refractivity contribution >= 4 is 17.0 Å². The van der Waals surface area contributed by atoms with E-state index in [2.05, 4.69) is 10.1 Å². The van der Waals surface area contributed by atoms with Gasteiger partial charge in [0.2, 0.25) is 0 Å². The van der Waals surface area contributed by atoms with E-state index < -0.39 is 0 Å². The first-order valence-electron chi connectivity index (χ1n) is 4.87. The molecule has 0 aliphatic carbocycles. The highest BCUT2D eigenvalue weighted by Gasteiger charge is 2.06. The second kappa shape index (κ2) is 3.31. The number of aromatic nitrogens is 3. The fourth-order valence-electron chi connectivity index (χ4n) is 1.67. The van der Waals surface area contributed by atoms with E-state index in [1.165, 1.54) is 10.6 Å². The summed E-state index contributed by atoms with van der Waals surface area (Å²) >= 11 is 1.63. The average molecular weight is 231 g/mol. The minimum absolute atomic E-state index is 0.0784. The van der Waals surface area contributed by atoms with E-state index in [-0.39, 0.29) is 5.56 Å². The molecule has 0 unspecified atom stereocenters. The highest BCUT2D eigenvalue weighted by molar-refractivity contribution is 7.13. The number of hydrogen-bond acceptors (Lipinski definition) is 3. The smallest absolute Gasteiger partial charge is 0.272 e. The standard InChI is InChI=1S/C11H9N3OS/c1-7-5-11(15)14-10(12-7)6-8(13-14)9-3-2-4-16-9/h2-6,13H,1H3. The third kappa shape index (κ3) is 1.37. The van der Waals surface area contributed by atoms with Gasteiger partial charge in [-0.2, -0.15) is 0 Å². The number of H-pyrrole nitrogens is 1. The first kappa shape index (κ1) is 9.35. The van der Waals surface area contributed by atoms with Crippen molar-refractivity contribution in [2.24, 2.45) is 0 Å². The van der Waals surface area contributed by atoms with Crippen LogP contribution in [0, 0.1) is 6.92 Å². The van der Waals surface area contributed by atoms with Gasteiger partial charge < -0.3 is 0 Å². The Kier molecular flexibility index (Phi) is 1.94. The van der Waals surface area contributed by atoms with Crippen LogP contribution < -0.4 is 5.56 Å². The summed E-state index contributed by atoms with van der Waals surface area (Å²) in [4.78, 5) is 17.1. The highest BCUT2D eigenvalue weighted by Crippen LogP contribution is 2.23. The fraction of sp³-hybridized carbons (Fsp3) is 0.0909. The molecule has 0 bridgehead atoms. The van der Waals surface area contributed by atoms with Crippen molar-refractivity contribution in [3.05, 3.63) is 45.7 Å². The second-order valence-corrected chi connectivity index (χ2v) is 4.52. The summed E-state index contributed by atoms with van der Waals surface area (Å²) in [6, 6.07) is 7.39. The Morgan fingerprint density at radius 2 is 2.31 bits per heavy atom. The molecule has 1 N–H and O–H groups in total. The van der Waals surface area contributed by atoms with Gasteiger partial charge in [-0.05, 0) is 18.4 Å². The van der Waals surface area contributed by atoms with Crippen LogP contribution in [0.15, 0.2) is 34.4 Å². The zero-order valence-corrected chi connectivity index (χ0v) is 9.41. The molecule has 0 aromatic carbocycles. The molecule has 16 heavy (non-hydrogen) atoms. The number of fused-ring (bicyclic) bond motifs is 1. The molecule has 5 heteroatoms. The van der Waals surface area contributed by atoms with E-state index >= 15 is 0 Å². The van der Waals surface area contributed by atoms with E-state index in [1.54, 1.807) is 11.3 Å². The Bertz CT molecular complexity index is 694. The van der Waals surface area contributed by atoms with Crippen LogP contribution >= 0.6 is 11.3 Å². The Balaban J connectivity index is 2.31. The molecule has 0 saturated carbocycles. The summed E-state index contributed by atoms with van der Waals surface area (Å²) in [7, 11) is 0. The number of nitrogens with one attached hydrogen (secondary N) is 1. The lowest BCUT2D eigenvalue weighted by atomic mass is 10.3. The average Bonchev–Trinajstić information content (AvgIpc) is 2.82. The Morgan fingerprint density at radius 1 is 1.44 bits per heavy atom. The van der Waals surface area contributed by atoms with E-state index in [0.29, 0.717) is 5.65 Å². The largest absolute Gasteiger partial charge is 0.288 e. The van der Waals surface area contributed by atoms with Crippen molar-refractivity contribution in [2.45, 2.75) is 6.92 Å². The van der Waals surface area contributed by atoms with Gasteiger partial charge in [0.25, 0.3) is 5.56 Å². The number of aryl methyl sites for hydroxylation is 1. The lowest BCUT2D eigenvalue weighted by Crippen LogP contribution is -2.14. The van der Waals surface area contributed by atoms with Crippen molar-refractivity contribution in [3.63, 3.8) is 0 Å². The predicted molar refractivity (Wildman–Crippen MR) is 63.9 cm³/mol. The molecule has 3 heterocycles. The van der Waals surface area contributed by atoms with Crippen LogP contribution in [0.2, 0.25) is 0 Å². The Morgan fingerprint density at radius 3 is 3.06 bits per heavy atom. The summed E-state index contributed by atoms with van der Waals surface area (Å²) in [6.07, 6.45) is 0. The van der Waals surface area contributed by atoms with Crippen LogP contribution in [0.3, 0.4) is 0 Å². The maximum absolute atomic E-state index is 11.7. The zero-order chi connectivity index (χ0) is 11.1. The lowest BCUT2D eigenvalue weighted by Gasteiger charge is -1.92. The van der Waals surface area contributed by atoms with Gasteiger partial charge in [0.1, 0.15) is 0 Å². The minimum Gasteiger partial charge on any atom is -0.288 e. The van der Waals surface area contributed by atoms with E-state index in [4.69, 9.17) is 0 Å². The van der Waals surface area contributed by atoms with Gasteiger partial charge in [0.05, 0.1) is 10.6 Å². The number of rotatable bonds is 1. The number of nitrogens with zero attached hydrogens (tertiary/aromatic N) is 2.